The zero-order valence-corrected chi connectivity index (χ0v) is 15.2. The molecule has 2 N–H and O–H groups in total. The van der Waals surface area contributed by atoms with Gasteiger partial charge in [-0.2, -0.15) is 5.10 Å². The van der Waals surface area contributed by atoms with E-state index >= 15 is 0 Å². The number of nitrogens with zero attached hydrogens (tertiary/aromatic N) is 5. The zero-order chi connectivity index (χ0) is 17.6. The summed E-state index contributed by atoms with van der Waals surface area (Å²) < 4.78 is 7.42. The zero-order valence-electron chi connectivity index (χ0n) is 15.2. The molecular weight excluding hydrogens is 318 g/mol. The lowest BCUT2D eigenvalue weighted by molar-refractivity contribution is 0.128. The fourth-order valence-electron chi connectivity index (χ4n) is 3.10. The third-order valence-corrected chi connectivity index (χ3v) is 4.35. The second-order valence-corrected chi connectivity index (χ2v) is 6.10. The van der Waals surface area contributed by atoms with Crippen molar-refractivity contribution in [3.8, 4) is 0 Å². The number of hydrogen-bond acceptors (Lipinski definition) is 7. The monoisotopic (exact) mass is 345 g/mol. The van der Waals surface area contributed by atoms with Gasteiger partial charge in [0.2, 0.25) is 0 Å². The Bertz CT molecular complexity index is 700. The fourth-order valence-corrected chi connectivity index (χ4v) is 3.10. The third-order valence-electron chi connectivity index (χ3n) is 4.35. The molecule has 1 aliphatic rings. The molecule has 0 fully saturated rings. The summed E-state index contributed by atoms with van der Waals surface area (Å²) in [4.78, 5) is 13.9. The quantitative estimate of drug-likeness (QED) is 0.785. The third kappa shape index (κ3) is 4.13. The maximum atomic E-state index is 5.52. The Hall–Kier alpha value is -2.06. The maximum absolute atomic E-state index is 5.52. The van der Waals surface area contributed by atoms with Crippen molar-refractivity contribution in [1.82, 2.24) is 30.0 Å². The number of rotatable bonds is 7. The van der Waals surface area contributed by atoms with E-state index < -0.39 is 0 Å². The Labute approximate surface area is 148 Å². The first-order valence-corrected chi connectivity index (χ1v) is 9.04. The second kappa shape index (κ2) is 8.35. The minimum atomic E-state index is 0.0117. The highest BCUT2D eigenvalue weighted by atomic mass is 16.5. The number of nitrogens with one attached hydrogen (secondary N) is 2. The van der Waals surface area contributed by atoms with Crippen LogP contribution in [0, 0.1) is 0 Å². The molecule has 8 nitrogen and oxygen atoms in total. The maximum Gasteiger partial charge on any atom is 0.156 e. The molecule has 0 saturated heterocycles. The van der Waals surface area contributed by atoms with E-state index in [1.165, 1.54) is 5.56 Å². The summed E-state index contributed by atoms with van der Waals surface area (Å²) in [6.07, 6.45) is 3.42. The minimum Gasteiger partial charge on any atom is -0.374 e. The van der Waals surface area contributed by atoms with Gasteiger partial charge < -0.3 is 15.4 Å². The first-order valence-electron chi connectivity index (χ1n) is 9.04. The highest BCUT2D eigenvalue weighted by molar-refractivity contribution is 5.48. The van der Waals surface area contributed by atoms with Crippen molar-refractivity contribution >= 4 is 5.82 Å². The Kier molecular flexibility index (Phi) is 5.93. The summed E-state index contributed by atoms with van der Waals surface area (Å²) in [7, 11) is 0. The summed E-state index contributed by atoms with van der Waals surface area (Å²) in [5.41, 5.74) is 2.31. The van der Waals surface area contributed by atoms with Crippen molar-refractivity contribution in [2.75, 3.05) is 25.0 Å². The lowest BCUT2D eigenvalue weighted by Crippen LogP contribution is -2.18. The van der Waals surface area contributed by atoms with Crippen LogP contribution in [0.5, 0.6) is 0 Å². The molecule has 3 heterocycles. The minimum absolute atomic E-state index is 0.0117. The van der Waals surface area contributed by atoms with Crippen LogP contribution in [-0.2, 0) is 30.7 Å². The topological polar surface area (TPSA) is 89.8 Å². The Morgan fingerprint density at radius 2 is 2.12 bits per heavy atom. The molecule has 0 bridgehead atoms. The van der Waals surface area contributed by atoms with E-state index in [2.05, 4.69) is 34.6 Å². The van der Waals surface area contributed by atoms with Gasteiger partial charge in [-0.05, 0) is 33.7 Å². The SMILES string of the molecule is CCOCc1nc2c(c(NC(C)c3ncnn3CC)n1)CCNCC2. The van der Waals surface area contributed by atoms with Gasteiger partial charge in [0.15, 0.2) is 5.82 Å². The van der Waals surface area contributed by atoms with Gasteiger partial charge >= 0.3 is 0 Å². The van der Waals surface area contributed by atoms with Crippen LogP contribution in [-0.4, -0.2) is 44.4 Å². The van der Waals surface area contributed by atoms with Crippen LogP contribution >= 0.6 is 0 Å². The fraction of sp³-hybridized carbons (Fsp3) is 0.647. The van der Waals surface area contributed by atoms with E-state index in [9.17, 15) is 0 Å². The normalized spacial score (nSPS) is 15.5. The molecule has 1 atom stereocenters. The summed E-state index contributed by atoms with van der Waals surface area (Å²) in [5, 5.41) is 11.2. The smallest absolute Gasteiger partial charge is 0.156 e. The van der Waals surface area contributed by atoms with Gasteiger partial charge in [0.25, 0.3) is 0 Å². The van der Waals surface area contributed by atoms with Crippen LogP contribution in [0.15, 0.2) is 6.33 Å². The summed E-state index contributed by atoms with van der Waals surface area (Å²) in [6, 6.07) is 0.0117. The number of aryl methyl sites for hydroxylation is 1. The van der Waals surface area contributed by atoms with E-state index in [0.717, 1.165) is 55.6 Å². The van der Waals surface area contributed by atoms with E-state index in [0.29, 0.717) is 13.2 Å². The number of fused-ring (bicyclic) bond motifs is 1. The van der Waals surface area contributed by atoms with E-state index in [-0.39, 0.29) is 6.04 Å². The van der Waals surface area contributed by atoms with Crippen LogP contribution in [0.25, 0.3) is 0 Å². The predicted octanol–water partition coefficient (Wildman–Crippen LogP) is 1.49. The lowest BCUT2D eigenvalue weighted by atomic mass is 10.1. The van der Waals surface area contributed by atoms with Crippen molar-refractivity contribution < 1.29 is 4.74 Å². The van der Waals surface area contributed by atoms with Crippen molar-refractivity contribution in [2.45, 2.75) is 52.8 Å². The van der Waals surface area contributed by atoms with E-state index in [4.69, 9.17) is 14.7 Å². The Morgan fingerprint density at radius 3 is 2.92 bits per heavy atom. The molecule has 0 aromatic carbocycles. The summed E-state index contributed by atoms with van der Waals surface area (Å²) in [5.74, 6) is 2.53. The van der Waals surface area contributed by atoms with Crippen LogP contribution < -0.4 is 10.6 Å². The molecule has 2 aromatic heterocycles. The largest absolute Gasteiger partial charge is 0.374 e. The molecule has 2 aromatic rings. The van der Waals surface area contributed by atoms with Crippen molar-refractivity contribution in [1.29, 1.82) is 0 Å². The van der Waals surface area contributed by atoms with Crippen LogP contribution in [0.4, 0.5) is 5.82 Å². The number of hydrogen-bond donors (Lipinski definition) is 2. The Balaban J connectivity index is 1.90. The molecule has 136 valence electrons. The first-order chi connectivity index (χ1) is 12.2. The molecule has 25 heavy (non-hydrogen) atoms. The van der Waals surface area contributed by atoms with Crippen LogP contribution in [0.3, 0.4) is 0 Å². The van der Waals surface area contributed by atoms with Crippen molar-refractivity contribution in [3.63, 3.8) is 0 Å². The molecule has 0 aliphatic carbocycles. The molecule has 1 unspecified atom stereocenters. The molecule has 0 amide bonds. The van der Waals surface area contributed by atoms with Crippen molar-refractivity contribution in [3.05, 3.63) is 29.2 Å². The van der Waals surface area contributed by atoms with E-state index in [1.54, 1.807) is 6.33 Å². The average Bonchev–Trinajstić information content (AvgIpc) is 2.97. The number of ether oxygens (including phenoxy) is 1. The molecule has 3 rings (SSSR count). The number of anilines is 1. The Morgan fingerprint density at radius 1 is 1.28 bits per heavy atom. The second-order valence-electron chi connectivity index (χ2n) is 6.10. The predicted molar refractivity (Wildman–Crippen MR) is 95.4 cm³/mol. The number of aromatic nitrogens is 5. The van der Waals surface area contributed by atoms with Gasteiger partial charge in [-0.25, -0.2) is 19.6 Å². The molecule has 0 radical (unpaired) electrons. The average molecular weight is 345 g/mol. The summed E-state index contributed by atoms with van der Waals surface area (Å²) in [6.45, 7) is 9.89. The lowest BCUT2D eigenvalue weighted by Gasteiger charge is -2.19. The van der Waals surface area contributed by atoms with Crippen LogP contribution in [0.2, 0.25) is 0 Å². The molecule has 8 heteroatoms. The first kappa shape index (κ1) is 17.8. The molecule has 1 aliphatic heterocycles. The van der Waals surface area contributed by atoms with Gasteiger partial charge in [-0.3, -0.25) is 0 Å². The van der Waals surface area contributed by atoms with Gasteiger partial charge in [0.1, 0.15) is 24.6 Å². The molecule has 0 saturated carbocycles. The highest BCUT2D eigenvalue weighted by Crippen LogP contribution is 2.24. The molecular formula is C17H27N7O. The van der Waals surface area contributed by atoms with Gasteiger partial charge in [0, 0.05) is 31.7 Å². The summed E-state index contributed by atoms with van der Waals surface area (Å²) >= 11 is 0. The van der Waals surface area contributed by atoms with Crippen LogP contribution in [0.1, 0.15) is 49.7 Å². The standard InChI is InChI=1S/C17H27N7O/c1-4-24-17(19-11-20-24)12(3)21-16-13-6-8-18-9-7-14(13)22-15(23-16)10-25-5-2/h11-12,18H,4-10H2,1-3H3,(H,21,22,23). The van der Waals surface area contributed by atoms with Gasteiger partial charge in [-0.1, -0.05) is 0 Å². The molecule has 0 spiro atoms. The van der Waals surface area contributed by atoms with E-state index in [1.807, 2.05) is 11.6 Å². The van der Waals surface area contributed by atoms with Crippen molar-refractivity contribution in [2.24, 2.45) is 0 Å². The van der Waals surface area contributed by atoms with Gasteiger partial charge in [0.05, 0.1) is 11.7 Å². The van der Waals surface area contributed by atoms with Gasteiger partial charge in [-0.15, -0.1) is 0 Å². The highest BCUT2D eigenvalue weighted by Gasteiger charge is 2.20.